The minimum atomic E-state index is -5.00. The second-order valence-electron chi connectivity index (χ2n) is 6.01. The Morgan fingerprint density at radius 2 is 1.76 bits per heavy atom. The molecule has 0 fully saturated rings. The maximum absolute atomic E-state index is 13.4. The number of benzene rings is 1. The van der Waals surface area contributed by atoms with E-state index in [0.29, 0.717) is 0 Å². The second-order valence-corrected chi connectivity index (χ2v) is 6.45. The smallest absolute Gasteiger partial charge is 0.435 e. The normalized spacial score (nSPS) is 13.5. The highest BCUT2D eigenvalue weighted by Crippen LogP contribution is 2.37. The minimum absolute atomic E-state index is 0.0867. The molecule has 0 aliphatic heterocycles. The first-order valence-corrected chi connectivity index (χ1v) is 8.39. The third-order valence-electron chi connectivity index (χ3n) is 4.04. The quantitative estimate of drug-likeness (QED) is 0.377. The number of fused-ring (bicyclic) bond motifs is 1. The Balaban J connectivity index is 2.03. The molecule has 0 radical (unpaired) electrons. The van der Waals surface area contributed by atoms with Crippen LogP contribution in [0.15, 0.2) is 42.6 Å². The van der Waals surface area contributed by atoms with Crippen LogP contribution in [0.5, 0.6) is 0 Å². The molecule has 1 unspecified atom stereocenters. The van der Waals surface area contributed by atoms with Crippen molar-refractivity contribution in [2.45, 2.75) is 25.4 Å². The number of alkyl halides is 6. The molecule has 0 bridgehead atoms. The first-order chi connectivity index (χ1) is 13.4. The summed E-state index contributed by atoms with van der Waals surface area (Å²) in [6.07, 6.45) is -10.1. The fraction of sp³-hybridized carbons (Fsp3) is 0.222. The third kappa shape index (κ3) is 4.16. The molecule has 2 aromatic heterocycles. The molecule has 0 spiro atoms. The zero-order valence-electron chi connectivity index (χ0n) is 14.5. The number of aromatic nitrogens is 2. The minimum Gasteiger partial charge on any atom is -0.453 e. The van der Waals surface area contributed by atoms with E-state index in [2.05, 4.69) is 4.98 Å². The maximum atomic E-state index is 13.4. The molecule has 0 amide bonds. The number of hydrogen-bond donors (Lipinski definition) is 0. The topological polar surface area (TPSA) is 43.6 Å². The Bertz CT molecular complexity index is 1070. The molecule has 4 nitrogen and oxygen atoms in total. The molecular formula is C18H11ClF6N2O2. The lowest BCUT2D eigenvalue weighted by Gasteiger charge is -2.19. The van der Waals surface area contributed by atoms with Crippen LogP contribution in [0.2, 0.25) is 5.02 Å². The van der Waals surface area contributed by atoms with Crippen molar-refractivity contribution >= 4 is 23.2 Å². The lowest BCUT2D eigenvalue weighted by atomic mass is 10.0. The molecular weight excluding hydrogens is 426 g/mol. The number of hydrogen-bond acceptors (Lipinski definition) is 3. The Kier molecular flexibility index (Phi) is 5.24. The molecule has 0 N–H and O–H groups in total. The number of halogens is 7. The highest BCUT2D eigenvalue weighted by atomic mass is 35.5. The molecule has 1 atom stereocenters. The van der Waals surface area contributed by atoms with Gasteiger partial charge in [0.2, 0.25) is 0 Å². The monoisotopic (exact) mass is 436 g/mol. The number of nitrogens with zero attached hydrogens (tertiary/aromatic N) is 2. The predicted octanol–water partition coefficient (Wildman–Crippen LogP) is 5.94. The molecule has 0 saturated heterocycles. The summed E-state index contributed by atoms with van der Waals surface area (Å²) in [4.78, 5) is 15.9. The summed E-state index contributed by atoms with van der Waals surface area (Å²) in [5.41, 5.74) is -4.19. The average Bonchev–Trinajstić information content (AvgIpc) is 3.00. The van der Waals surface area contributed by atoms with Gasteiger partial charge in [-0.1, -0.05) is 29.8 Å². The predicted molar refractivity (Wildman–Crippen MR) is 90.5 cm³/mol. The molecule has 1 aromatic carbocycles. The standard InChI is InChI=1S/C18H11ClF6N2O2/c1-9(11-4-2-3-5-12(11)17(20,21)22)29-16(28)14-15(18(23,24)25)26-13-8-10(19)6-7-27(13)14/h2-9H,1H3. The van der Waals surface area contributed by atoms with E-state index in [1.807, 2.05) is 0 Å². The number of carbonyl (C=O) groups is 1. The van der Waals surface area contributed by atoms with Gasteiger partial charge in [-0.2, -0.15) is 26.3 Å². The molecule has 154 valence electrons. The largest absolute Gasteiger partial charge is 0.453 e. The van der Waals surface area contributed by atoms with E-state index in [4.69, 9.17) is 16.3 Å². The van der Waals surface area contributed by atoms with E-state index >= 15 is 0 Å². The zero-order valence-corrected chi connectivity index (χ0v) is 15.2. The summed E-state index contributed by atoms with van der Waals surface area (Å²) >= 11 is 5.74. The summed E-state index contributed by atoms with van der Waals surface area (Å²) in [5.74, 6) is -1.48. The van der Waals surface area contributed by atoms with Crippen LogP contribution in [0.3, 0.4) is 0 Å². The molecule has 29 heavy (non-hydrogen) atoms. The molecule has 0 aliphatic rings. The first kappa shape index (κ1) is 21.0. The van der Waals surface area contributed by atoms with Crippen molar-refractivity contribution in [3.63, 3.8) is 0 Å². The Labute approximate surface area is 164 Å². The van der Waals surface area contributed by atoms with E-state index in [-0.39, 0.29) is 10.7 Å². The van der Waals surface area contributed by atoms with Gasteiger partial charge in [-0.3, -0.25) is 4.40 Å². The summed E-state index contributed by atoms with van der Waals surface area (Å²) in [6, 6.07) is 6.66. The van der Waals surface area contributed by atoms with Gasteiger partial charge >= 0.3 is 18.3 Å². The lowest BCUT2D eigenvalue weighted by molar-refractivity contribution is -0.141. The fourth-order valence-corrected chi connectivity index (χ4v) is 2.96. The first-order valence-electron chi connectivity index (χ1n) is 8.01. The highest BCUT2D eigenvalue weighted by molar-refractivity contribution is 6.30. The van der Waals surface area contributed by atoms with Crippen LogP contribution in [-0.2, 0) is 17.1 Å². The SMILES string of the molecule is CC(OC(=O)c1c(C(F)(F)F)nc2cc(Cl)ccn12)c1ccccc1C(F)(F)F. The van der Waals surface area contributed by atoms with Gasteiger partial charge in [-0.25, -0.2) is 9.78 Å². The lowest BCUT2D eigenvalue weighted by Crippen LogP contribution is -2.19. The molecule has 2 heterocycles. The van der Waals surface area contributed by atoms with Crippen LogP contribution in [-0.4, -0.2) is 15.4 Å². The molecule has 3 rings (SSSR count). The van der Waals surface area contributed by atoms with Crippen LogP contribution in [0.25, 0.3) is 5.65 Å². The van der Waals surface area contributed by atoms with Gasteiger partial charge in [0.1, 0.15) is 11.8 Å². The summed E-state index contributed by atoms with van der Waals surface area (Å²) in [6.45, 7) is 1.13. The van der Waals surface area contributed by atoms with Crippen molar-refractivity contribution < 1.29 is 35.9 Å². The van der Waals surface area contributed by atoms with Crippen LogP contribution in [0.1, 0.15) is 40.3 Å². The number of imidazole rings is 1. The Morgan fingerprint density at radius 3 is 2.38 bits per heavy atom. The Hall–Kier alpha value is -2.75. The van der Waals surface area contributed by atoms with Gasteiger partial charge in [0.15, 0.2) is 11.4 Å². The van der Waals surface area contributed by atoms with E-state index in [1.54, 1.807) is 0 Å². The van der Waals surface area contributed by atoms with Crippen molar-refractivity contribution in [1.82, 2.24) is 9.38 Å². The van der Waals surface area contributed by atoms with Crippen molar-refractivity contribution in [2.24, 2.45) is 0 Å². The van der Waals surface area contributed by atoms with E-state index in [9.17, 15) is 31.1 Å². The van der Waals surface area contributed by atoms with Gasteiger partial charge in [0.05, 0.1) is 5.56 Å². The van der Waals surface area contributed by atoms with E-state index < -0.39 is 46.9 Å². The summed E-state index contributed by atoms with van der Waals surface area (Å²) in [5, 5.41) is 0.0867. The van der Waals surface area contributed by atoms with Gasteiger partial charge in [0.25, 0.3) is 0 Å². The average molecular weight is 437 g/mol. The van der Waals surface area contributed by atoms with Crippen molar-refractivity contribution in [3.05, 3.63) is 70.1 Å². The molecule has 0 aliphatic carbocycles. The molecule has 0 saturated carbocycles. The zero-order chi connectivity index (χ0) is 21.6. The highest BCUT2D eigenvalue weighted by Gasteiger charge is 2.41. The van der Waals surface area contributed by atoms with E-state index in [1.165, 1.54) is 12.1 Å². The van der Waals surface area contributed by atoms with Crippen LogP contribution >= 0.6 is 11.6 Å². The number of pyridine rings is 1. The van der Waals surface area contributed by atoms with Crippen molar-refractivity contribution in [1.29, 1.82) is 0 Å². The number of ether oxygens (including phenoxy) is 1. The number of carbonyl (C=O) groups excluding carboxylic acids is 1. The van der Waals surface area contributed by atoms with Gasteiger partial charge < -0.3 is 4.74 Å². The molecule has 3 aromatic rings. The van der Waals surface area contributed by atoms with Crippen molar-refractivity contribution in [2.75, 3.05) is 0 Å². The second kappa shape index (κ2) is 7.25. The van der Waals surface area contributed by atoms with Gasteiger partial charge in [-0.05, 0) is 19.1 Å². The van der Waals surface area contributed by atoms with Crippen LogP contribution in [0.4, 0.5) is 26.3 Å². The summed E-state index contributed by atoms with van der Waals surface area (Å²) in [7, 11) is 0. The molecule has 11 heteroatoms. The van der Waals surface area contributed by atoms with Crippen LogP contribution in [0, 0.1) is 0 Å². The number of esters is 1. The summed E-state index contributed by atoms with van der Waals surface area (Å²) < 4.78 is 85.4. The Morgan fingerprint density at radius 1 is 1.10 bits per heavy atom. The fourth-order valence-electron chi connectivity index (χ4n) is 2.80. The van der Waals surface area contributed by atoms with Crippen molar-refractivity contribution in [3.8, 4) is 0 Å². The van der Waals surface area contributed by atoms with Gasteiger partial charge in [0, 0.05) is 22.8 Å². The van der Waals surface area contributed by atoms with Gasteiger partial charge in [-0.15, -0.1) is 0 Å². The third-order valence-corrected chi connectivity index (χ3v) is 4.27. The number of rotatable bonds is 3. The van der Waals surface area contributed by atoms with E-state index in [0.717, 1.165) is 41.8 Å². The van der Waals surface area contributed by atoms with Crippen LogP contribution < -0.4 is 0 Å². The maximum Gasteiger partial charge on any atom is 0.435 e.